The van der Waals surface area contributed by atoms with Gasteiger partial charge in [-0.25, -0.2) is 9.37 Å². The summed E-state index contributed by atoms with van der Waals surface area (Å²) >= 11 is 0. The van der Waals surface area contributed by atoms with Gasteiger partial charge >= 0.3 is 0 Å². The normalized spacial score (nSPS) is 12.3. The van der Waals surface area contributed by atoms with Crippen LogP contribution in [0, 0.1) is 5.82 Å². The van der Waals surface area contributed by atoms with E-state index in [1.54, 1.807) is 24.5 Å². The number of hydrogen-bond acceptors (Lipinski definition) is 4. The second-order valence-corrected chi connectivity index (χ2v) is 12.5. The van der Waals surface area contributed by atoms with Gasteiger partial charge in [0.05, 0.1) is 34.6 Å². The summed E-state index contributed by atoms with van der Waals surface area (Å²) in [6.07, 6.45) is 3.52. The lowest BCUT2D eigenvalue weighted by atomic mass is 9.69. The highest BCUT2D eigenvalue weighted by atomic mass is 19.1. The van der Waals surface area contributed by atoms with Crippen LogP contribution < -0.4 is 5.32 Å². The molecule has 0 aliphatic carbocycles. The van der Waals surface area contributed by atoms with E-state index in [1.165, 1.54) is 12.1 Å². The summed E-state index contributed by atoms with van der Waals surface area (Å²) < 4.78 is 15.9. The summed E-state index contributed by atoms with van der Waals surface area (Å²) in [5.41, 5.74) is 7.43. The number of nitrogens with one attached hydrogen (secondary N) is 2. The molecule has 7 nitrogen and oxygen atoms in total. The molecule has 8 rings (SSSR count). The minimum absolute atomic E-state index is 0.174. The number of halogens is 1. The van der Waals surface area contributed by atoms with Gasteiger partial charge < -0.3 is 10.3 Å². The van der Waals surface area contributed by atoms with E-state index in [2.05, 4.69) is 92.8 Å². The number of aromatic amines is 1. The molecule has 8 heteroatoms. The van der Waals surface area contributed by atoms with E-state index in [0.717, 1.165) is 38.9 Å². The van der Waals surface area contributed by atoms with Crippen molar-refractivity contribution in [3.05, 3.63) is 186 Å². The first kappa shape index (κ1) is 30.9. The molecule has 5 aromatic carbocycles. The quantitative estimate of drug-likeness (QED) is 0.152. The Bertz CT molecular complexity index is 2330. The van der Waals surface area contributed by atoms with Crippen molar-refractivity contribution < 1.29 is 9.18 Å². The first-order chi connectivity index (χ1) is 24.5. The zero-order chi connectivity index (χ0) is 34.1. The Morgan fingerprint density at radius 3 is 2.02 bits per heavy atom. The van der Waals surface area contributed by atoms with Crippen molar-refractivity contribution in [3.63, 3.8) is 0 Å². The molecule has 0 saturated heterocycles. The highest BCUT2D eigenvalue weighted by Gasteiger charge is 2.38. The highest BCUT2D eigenvalue weighted by Crippen LogP contribution is 2.42. The van der Waals surface area contributed by atoms with Gasteiger partial charge in [0.2, 0.25) is 0 Å². The summed E-state index contributed by atoms with van der Waals surface area (Å²) in [5, 5.41) is 9.15. The number of rotatable bonds is 9. The van der Waals surface area contributed by atoms with Crippen LogP contribution >= 0.6 is 0 Å². The monoisotopic (exact) mass is 656 g/mol. The van der Waals surface area contributed by atoms with Gasteiger partial charge in [0.25, 0.3) is 5.91 Å². The van der Waals surface area contributed by atoms with E-state index in [-0.39, 0.29) is 17.5 Å². The Balaban J connectivity index is 1.29. The molecular formula is C42H33FN6O. The first-order valence-electron chi connectivity index (χ1n) is 16.5. The average Bonchev–Trinajstić information content (AvgIpc) is 3.75. The smallest absolute Gasteiger partial charge is 0.287 e. The number of carbonyl (C=O) groups excluding carboxylic acids is 1. The number of aromatic nitrogens is 5. The number of hydrogen-bond donors (Lipinski definition) is 2. The molecule has 244 valence electrons. The third-order valence-corrected chi connectivity index (χ3v) is 9.41. The largest absolute Gasteiger partial charge is 0.343 e. The van der Waals surface area contributed by atoms with E-state index < -0.39 is 11.5 Å². The lowest BCUT2D eigenvalue weighted by Crippen LogP contribution is -2.35. The van der Waals surface area contributed by atoms with Crippen LogP contribution in [0.3, 0.4) is 0 Å². The first-order valence-corrected chi connectivity index (χ1v) is 16.5. The third-order valence-electron chi connectivity index (χ3n) is 9.41. The molecule has 0 aliphatic rings. The summed E-state index contributed by atoms with van der Waals surface area (Å²) in [6, 6.07) is 45.4. The summed E-state index contributed by atoms with van der Waals surface area (Å²) in [7, 11) is 0. The molecule has 1 unspecified atom stereocenters. The zero-order valence-electron chi connectivity index (χ0n) is 27.3. The van der Waals surface area contributed by atoms with Crippen LogP contribution in [0.25, 0.3) is 33.2 Å². The Kier molecular flexibility index (Phi) is 7.97. The molecule has 3 heterocycles. The fraction of sp³-hybridized carbons (Fsp3) is 0.0952. The second-order valence-electron chi connectivity index (χ2n) is 12.5. The van der Waals surface area contributed by atoms with Crippen LogP contribution in [0.2, 0.25) is 0 Å². The molecule has 8 aromatic rings. The van der Waals surface area contributed by atoms with Crippen LogP contribution in [0.15, 0.2) is 152 Å². The predicted molar refractivity (Wildman–Crippen MR) is 194 cm³/mol. The van der Waals surface area contributed by atoms with Crippen LogP contribution in [-0.4, -0.2) is 30.6 Å². The zero-order valence-corrected chi connectivity index (χ0v) is 27.3. The molecule has 0 radical (unpaired) electrons. The van der Waals surface area contributed by atoms with Crippen LogP contribution in [0.5, 0.6) is 0 Å². The van der Waals surface area contributed by atoms with Gasteiger partial charge in [-0.05, 0) is 65.6 Å². The van der Waals surface area contributed by atoms with E-state index in [0.29, 0.717) is 23.1 Å². The van der Waals surface area contributed by atoms with Crippen molar-refractivity contribution in [1.82, 2.24) is 30.0 Å². The van der Waals surface area contributed by atoms with Crippen molar-refractivity contribution in [2.24, 2.45) is 0 Å². The lowest BCUT2D eigenvalue weighted by Gasteiger charge is -2.36. The van der Waals surface area contributed by atoms with E-state index >= 15 is 0 Å². The number of pyridine rings is 1. The molecule has 50 heavy (non-hydrogen) atoms. The molecule has 0 saturated carbocycles. The summed E-state index contributed by atoms with van der Waals surface area (Å²) in [6.45, 7) is 2.31. The molecule has 0 fully saturated rings. The van der Waals surface area contributed by atoms with Gasteiger partial charge in [0, 0.05) is 23.3 Å². The Morgan fingerprint density at radius 2 is 1.42 bits per heavy atom. The topological polar surface area (TPSA) is 88.5 Å². The second kappa shape index (κ2) is 12.9. The molecule has 0 aliphatic heterocycles. The predicted octanol–water partition coefficient (Wildman–Crippen LogP) is 8.64. The van der Waals surface area contributed by atoms with Gasteiger partial charge in [-0.15, -0.1) is 0 Å². The standard InChI is InChI=1S/C42H33FN6O/c1-28(30-12-11-19-34(43)24-30)45-41(50)40-46-36-25-35-38(26-37(36)47-40)49(48-39(35)29-20-22-44-23-21-29)27-42(31-13-5-2-6-14-31,32-15-7-3-8-16-32)33-17-9-4-10-18-33/h2-26,28H,27H2,1H3,(H,45,50)(H,46,47). The Hall–Kier alpha value is -6.41. The van der Waals surface area contributed by atoms with Gasteiger partial charge in [-0.2, -0.15) is 5.10 Å². The van der Waals surface area contributed by atoms with Crippen molar-refractivity contribution in [2.45, 2.75) is 24.9 Å². The van der Waals surface area contributed by atoms with Gasteiger partial charge in [-0.1, -0.05) is 103 Å². The molecular weight excluding hydrogens is 624 g/mol. The minimum Gasteiger partial charge on any atom is -0.343 e. The summed E-state index contributed by atoms with van der Waals surface area (Å²) in [4.78, 5) is 25.6. The van der Waals surface area contributed by atoms with Crippen LogP contribution in [0.4, 0.5) is 4.39 Å². The molecule has 3 aromatic heterocycles. The van der Waals surface area contributed by atoms with Crippen LogP contribution in [-0.2, 0) is 12.0 Å². The average molecular weight is 657 g/mol. The minimum atomic E-state index is -0.598. The lowest BCUT2D eigenvalue weighted by molar-refractivity contribution is 0.0930. The number of H-pyrrole nitrogens is 1. The molecule has 0 spiro atoms. The van der Waals surface area contributed by atoms with Crippen molar-refractivity contribution in [1.29, 1.82) is 0 Å². The Morgan fingerprint density at radius 1 is 0.800 bits per heavy atom. The number of carbonyl (C=O) groups is 1. The maximum absolute atomic E-state index is 13.9. The molecule has 2 N–H and O–H groups in total. The van der Waals surface area contributed by atoms with Crippen LogP contribution in [0.1, 0.15) is 45.8 Å². The highest BCUT2D eigenvalue weighted by molar-refractivity contribution is 6.03. The van der Waals surface area contributed by atoms with Gasteiger partial charge in [0.1, 0.15) is 11.5 Å². The Labute approximate surface area is 288 Å². The van der Waals surface area contributed by atoms with E-state index in [1.807, 2.05) is 49.4 Å². The SMILES string of the molecule is CC(NC(=O)c1nc2cc3c(-c4ccncc4)nn(CC(c4ccccc4)(c4ccccc4)c4ccccc4)c3cc2[nH]1)c1cccc(F)c1. The van der Waals surface area contributed by atoms with Gasteiger partial charge in [-0.3, -0.25) is 14.5 Å². The molecule has 1 atom stereocenters. The van der Waals surface area contributed by atoms with Crippen molar-refractivity contribution >= 4 is 27.8 Å². The van der Waals surface area contributed by atoms with E-state index in [4.69, 9.17) is 10.1 Å². The molecule has 0 bridgehead atoms. The number of imidazole rings is 1. The van der Waals surface area contributed by atoms with Crippen molar-refractivity contribution in [3.8, 4) is 11.3 Å². The fourth-order valence-electron chi connectivity index (χ4n) is 6.92. The van der Waals surface area contributed by atoms with E-state index in [9.17, 15) is 9.18 Å². The number of benzene rings is 5. The maximum atomic E-state index is 13.9. The summed E-state index contributed by atoms with van der Waals surface area (Å²) in [5.74, 6) is -0.559. The fourth-order valence-corrected chi connectivity index (χ4v) is 6.92. The number of nitrogens with zero attached hydrogens (tertiary/aromatic N) is 4. The number of amides is 1. The third kappa shape index (κ3) is 5.60. The molecule has 1 amide bonds. The van der Waals surface area contributed by atoms with Gasteiger partial charge in [0.15, 0.2) is 5.82 Å². The van der Waals surface area contributed by atoms with Crippen molar-refractivity contribution in [2.75, 3.05) is 0 Å². The maximum Gasteiger partial charge on any atom is 0.287 e. The number of fused-ring (bicyclic) bond motifs is 2.